The molecular weight excluding hydrogens is 456 g/mol. The van der Waals surface area contributed by atoms with Gasteiger partial charge in [-0.05, 0) is 36.6 Å². The SMILES string of the molecule is OC1CCCN(c2nc(Nc3ccc(SCc4ccccc4)cc3F)ncc2C(F)(F)F)C1. The molecule has 2 aromatic carbocycles. The molecule has 0 saturated carbocycles. The van der Waals surface area contributed by atoms with E-state index in [4.69, 9.17) is 0 Å². The Kier molecular flexibility index (Phi) is 7.04. The third-order valence-electron chi connectivity index (χ3n) is 5.21. The highest BCUT2D eigenvalue weighted by atomic mass is 32.2. The second-order valence-corrected chi connectivity index (χ2v) is 8.76. The van der Waals surface area contributed by atoms with E-state index in [0.29, 0.717) is 31.3 Å². The monoisotopic (exact) mass is 478 g/mol. The average Bonchev–Trinajstić information content (AvgIpc) is 2.79. The van der Waals surface area contributed by atoms with Crippen molar-refractivity contribution >= 4 is 29.2 Å². The first kappa shape index (κ1) is 23.3. The number of thioether (sulfide) groups is 1. The van der Waals surface area contributed by atoms with Gasteiger partial charge in [0, 0.05) is 29.9 Å². The van der Waals surface area contributed by atoms with Crippen LogP contribution in [0.2, 0.25) is 0 Å². The molecule has 1 fully saturated rings. The summed E-state index contributed by atoms with van der Waals surface area (Å²) >= 11 is 1.47. The number of hydrogen-bond donors (Lipinski definition) is 2. The zero-order valence-corrected chi connectivity index (χ0v) is 18.3. The zero-order valence-electron chi connectivity index (χ0n) is 17.5. The van der Waals surface area contributed by atoms with E-state index in [9.17, 15) is 22.7 Å². The van der Waals surface area contributed by atoms with E-state index in [1.807, 2.05) is 30.3 Å². The lowest BCUT2D eigenvalue weighted by atomic mass is 10.1. The third-order valence-corrected chi connectivity index (χ3v) is 6.27. The van der Waals surface area contributed by atoms with Crippen LogP contribution in [0.5, 0.6) is 0 Å². The number of hydrogen-bond acceptors (Lipinski definition) is 6. The first-order chi connectivity index (χ1) is 15.8. The Morgan fingerprint density at radius 3 is 2.64 bits per heavy atom. The second-order valence-electron chi connectivity index (χ2n) is 7.71. The first-order valence-corrected chi connectivity index (χ1v) is 11.4. The Labute approximate surface area is 192 Å². The van der Waals surface area contributed by atoms with E-state index in [1.165, 1.54) is 28.8 Å². The van der Waals surface area contributed by atoms with E-state index in [1.54, 1.807) is 6.07 Å². The Balaban J connectivity index is 1.52. The number of aliphatic hydroxyl groups excluding tert-OH is 1. The zero-order chi connectivity index (χ0) is 23.4. The number of benzene rings is 2. The largest absolute Gasteiger partial charge is 0.421 e. The molecule has 1 aliphatic heterocycles. The summed E-state index contributed by atoms with van der Waals surface area (Å²) in [7, 11) is 0. The van der Waals surface area contributed by atoms with E-state index in [2.05, 4.69) is 15.3 Å². The van der Waals surface area contributed by atoms with Crippen LogP contribution in [0, 0.1) is 5.82 Å². The lowest BCUT2D eigenvalue weighted by Gasteiger charge is -2.32. The van der Waals surface area contributed by atoms with Crippen molar-refractivity contribution in [1.82, 2.24) is 9.97 Å². The molecule has 5 nitrogen and oxygen atoms in total. The van der Waals surface area contributed by atoms with Gasteiger partial charge in [0.25, 0.3) is 0 Å². The van der Waals surface area contributed by atoms with Crippen LogP contribution in [-0.2, 0) is 11.9 Å². The van der Waals surface area contributed by atoms with Crippen molar-refractivity contribution in [3.63, 3.8) is 0 Å². The van der Waals surface area contributed by atoms with Gasteiger partial charge in [-0.1, -0.05) is 30.3 Å². The van der Waals surface area contributed by atoms with Gasteiger partial charge in [-0.2, -0.15) is 18.2 Å². The molecule has 3 aromatic rings. The molecule has 2 N–H and O–H groups in total. The smallest absolute Gasteiger partial charge is 0.391 e. The predicted molar refractivity (Wildman–Crippen MR) is 120 cm³/mol. The molecule has 1 saturated heterocycles. The molecule has 33 heavy (non-hydrogen) atoms. The van der Waals surface area contributed by atoms with Crippen LogP contribution in [0.25, 0.3) is 0 Å². The van der Waals surface area contributed by atoms with Crippen LogP contribution in [0.3, 0.4) is 0 Å². The number of piperidine rings is 1. The molecule has 0 bridgehead atoms. The summed E-state index contributed by atoms with van der Waals surface area (Å²) in [5.74, 6) is -0.359. The standard InChI is InChI=1S/C23H22F4N4OS/c24-19-11-17(33-14-15-5-2-1-3-6-15)8-9-20(19)29-22-28-12-18(23(25,26)27)21(30-22)31-10-4-7-16(32)13-31/h1-3,5-6,8-9,11-12,16,32H,4,7,10,13-14H2,(H,28,29,30). The number of aliphatic hydroxyl groups is 1. The van der Waals surface area contributed by atoms with Gasteiger partial charge in [-0.25, -0.2) is 9.37 Å². The number of alkyl halides is 3. The maximum Gasteiger partial charge on any atom is 0.421 e. The fourth-order valence-corrected chi connectivity index (χ4v) is 4.45. The van der Waals surface area contributed by atoms with Crippen molar-refractivity contribution in [2.75, 3.05) is 23.3 Å². The highest BCUT2D eigenvalue weighted by Gasteiger charge is 2.37. The molecule has 2 heterocycles. The van der Waals surface area contributed by atoms with Crippen molar-refractivity contribution in [2.24, 2.45) is 0 Å². The molecular formula is C23H22F4N4OS. The molecule has 10 heteroatoms. The summed E-state index contributed by atoms with van der Waals surface area (Å²) in [5.41, 5.74) is 0.178. The molecule has 0 spiro atoms. The molecule has 1 atom stereocenters. The molecule has 4 rings (SSSR count). The van der Waals surface area contributed by atoms with Crippen molar-refractivity contribution in [1.29, 1.82) is 0 Å². The minimum Gasteiger partial charge on any atom is -0.391 e. The summed E-state index contributed by atoms with van der Waals surface area (Å²) in [6, 6.07) is 14.4. The highest BCUT2D eigenvalue weighted by molar-refractivity contribution is 7.98. The number of nitrogens with one attached hydrogen (secondary N) is 1. The lowest BCUT2D eigenvalue weighted by molar-refractivity contribution is -0.137. The van der Waals surface area contributed by atoms with Crippen molar-refractivity contribution in [3.05, 3.63) is 71.7 Å². The fourth-order valence-electron chi connectivity index (χ4n) is 3.57. The number of anilines is 3. The molecule has 0 amide bonds. The van der Waals surface area contributed by atoms with Crippen LogP contribution in [-0.4, -0.2) is 34.3 Å². The van der Waals surface area contributed by atoms with Gasteiger partial charge >= 0.3 is 6.18 Å². The number of β-amino-alcohol motifs (C(OH)–C–C–N with tert-alkyl or cyclic N) is 1. The molecule has 0 aliphatic carbocycles. The maximum atomic E-state index is 14.7. The van der Waals surface area contributed by atoms with Crippen LogP contribution < -0.4 is 10.2 Å². The summed E-state index contributed by atoms with van der Waals surface area (Å²) in [4.78, 5) is 9.90. The van der Waals surface area contributed by atoms with Gasteiger partial charge in [0.2, 0.25) is 5.95 Å². The lowest BCUT2D eigenvalue weighted by Crippen LogP contribution is -2.40. The summed E-state index contributed by atoms with van der Waals surface area (Å²) < 4.78 is 55.2. The summed E-state index contributed by atoms with van der Waals surface area (Å²) in [5, 5.41) is 12.6. The number of aromatic nitrogens is 2. The van der Waals surface area contributed by atoms with E-state index >= 15 is 0 Å². The van der Waals surface area contributed by atoms with E-state index in [-0.39, 0.29) is 24.0 Å². The van der Waals surface area contributed by atoms with Gasteiger partial charge in [0.05, 0.1) is 11.8 Å². The van der Waals surface area contributed by atoms with Gasteiger partial charge < -0.3 is 15.3 Å². The molecule has 1 unspecified atom stereocenters. The number of halogens is 4. The second kappa shape index (κ2) is 9.96. The first-order valence-electron chi connectivity index (χ1n) is 10.4. The topological polar surface area (TPSA) is 61.3 Å². The maximum absolute atomic E-state index is 14.7. The Hall–Kier alpha value is -2.85. The van der Waals surface area contributed by atoms with Gasteiger partial charge in [-0.3, -0.25) is 0 Å². The Bertz CT molecular complexity index is 1100. The molecule has 1 aliphatic rings. The Morgan fingerprint density at radius 1 is 1.15 bits per heavy atom. The van der Waals surface area contributed by atoms with Crippen LogP contribution in [0.4, 0.5) is 35.0 Å². The van der Waals surface area contributed by atoms with Crippen LogP contribution in [0.15, 0.2) is 59.6 Å². The summed E-state index contributed by atoms with van der Waals surface area (Å²) in [6.07, 6.45) is -3.63. The van der Waals surface area contributed by atoms with E-state index in [0.717, 1.165) is 10.5 Å². The molecule has 0 radical (unpaired) electrons. The van der Waals surface area contributed by atoms with Crippen molar-refractivity contribution in [2.45, 2.75) is 35.8 Å². The minimum absolute atomic E-state index is 0.0429. The normalized spacial score (nSPS) is 16.6. The summed E-state index contributed by atoms with van der Waals surface area (Å²) in [6.45, 7) is 0.375. The van der Waals surface area contributed by atoms with E-state index < -0.39 is 23.7 Å². The predicted octanol–water partition coefficient (Wildman–Crippen LogP) is 5.63. The average molecular weight is 479 g/mol. The van der Waals surface area contributed by atoms with Gasteiger partial charge in [0.1, 0.15) is 17.2 Å². The third kappa shape index (κ3) is 5.94. The van der Waals surface area contributed by atoms with Crippen molar-refractivity contribution < 1.29 is 22.7 Å². The van der Waals surface area contributed by atoms with Gasteiger partial charge in [-0.15, -0.1) is 11.8 Å². The van der Waals surface area contributed by atoms with Crippen LogP contribution in [0.1, 0.15) is 24.0 Å². The number of rotatable bonds is 6. The fraction of sp³-hybridized carbons (Fsp3) is 0.304. The molecule has 1 aromatic heterocycles. The number of nitrogens with zero attached hydrogens (tertiary/aromatic N) is 3. The van der Waals surface area contributed by atoms with Crippen LogP contribution >= 0.6 is 11.8 Å². The Morgan fingerprint density at radius 2 is 1.94 bits per heavy atom. The molecule has 174 valence electrons. The van der Waals surface area contributed by atoms with Crippen molar-refractivity contribution in [3.8, 4) is 0 Å². The minimum atomic E-state index is -4.65. The van der Waals surface area contributed by atoms with Gasteiger partial charge in [0.15, 0.2) is 0 Å². The quantitative estimate of drug-likeness (QED) is 0.354. The highest BCUT2D eigenvalue weighted by Crippen LogP contribution is 2.37.